The lowest BCUT2D eigenvalue weighted by Gasteiger charge is -2.31. The molecule has 0 radical (unpaired) electrons. The molecule has 1 aliphatic rings. The van der Waals surface area contributed by atoms with Gasteiger partial charge in [0.1, 0.15) is 17.9 Å². The summed E-state index contributed by atoms with van der Waals surface area (Å²) in [7, 11) is 1.93. The van der Waals surface area contributed by atoms with Crippen LogP contribution in [0.1, 0.15) is 42.1 Å². The monoisotopic (exact) mass is 567 g/mol. The zero-order chi connectivity index (χ0) is 29.9. The summed E-state index contributed by atoms with van der Waals surface area (Å²) in [6.07, 6.45) is 3.28. The number of likely N-dealkylation sites (tertiary alicyclic amines) is 1. The van der Waals surface area contributed by atoms with E-state index in [1.165, 1.54) is 54.1 Å². The van der Waals surface area contributed by atoms with Gasteiger partial charge in [0.25, 0.3) is 5.69 Å². The number of ether oxygens (including phenoxy) is 2. The Morgan fingerprint density at radius 2 is 1.68 bits per heavy atom. The van der Waals surface area contributed by atoms with E-state index in [4.69, 9.17) is 9.47 Å². The van der Waals surface area contributed by atoms with Crippen LogP contribution in [0.25, 0.3) is 0 Å². The van der Waals surface area contributed by atoms with E-state index in [-0.39, 0.29) is 11.5 Å². The van der Waals surface area contributed by atoms with E-state index in [0.29, 0.717) is 36.6 Å². The molecule has 0 saturated carbocycles. The highest BCUT2D eigenvalue weighted by Crippen LogP contribution is 2.20. The maximum absolute atomic E-state index is 12.1. The Bertz CT molecular complexity index is 1170. The molecule has 9 nitrogen and oxygen atoms in total. The number of carbonyl (C=O) groups is 2. The number of carbonyl (C=O) groups excluding carboxylic acids is 2. The molecule has 0 spiro atoms. The van der Waals surface area contributed by atoms with E-state index in [9.17, 15) is 24.1 Å². The molecule has 0 bridgehead atoms. The lowest BCUT2D eigenvalue weighted by atomic mass is 9.97. The molecule has 1 amide bonds. The number of nitrogens with zero attached hydrogens (tertiary/aromatic N) is 2. The van der Waals surface area contributed by atoms with E-state index >= 15 is 0 Å². The molecule has 1 N–H and O–H groups in total. The molecule has 1 saturated heterocycles. The van der Waals surface area contributed by atoms with Gasteiger partial charge >= 0.3 is 6.09 Å². The van der Waals surface area contributed by atoms with Crippen molar-refractivity contribution in [3.63, 3.8) is 0 Å². The second kappa shape index (κ2) is 19.0. The number of nitrogens with one attached hydrogen (secondary N) is 1. The molecule has 1 aliphatic heterocycles. The number of benzene rings is 3. The Morgan fingerprint density at radius 3 is 2.22 bits per heavy atom. The first-order chi connectivity index (χ1) is 19.9. The smallest absolute Gasteiger partial charge is 0.410 e. The summed E-state index contributed by atoms with van der Waals surface area (Å²) in [6.45, 7) is 6.04. The van der Waals surface area contributed by atoms with E-state index in [1.54, 1.807) is 4.90 Å². The minimum absolute atomic E-state index is 0.0253. The molecule has 1 fully saturated rings. The number of piperidine rings is 1. The standard InChI is InChI=1S/C14H19N3O4.C10H14O.C7H5FO/c1-15-10-11-6-8-16(9-7-11)14(18)21-13-4-2-12(3-5-13)17(19)20;1-2-8-11-9-10-6-4-3-5-7-10;8-7-3-1-6(5-9)2-4-7/h2-5,11,15H,6-10H2,1H3;3-7H,2,8-9H2,1H3;1-5H. The summed E-state index contributed by atoms with van der Waals surface area (Å²) in [5.41, 5.74) is 1.72. The van der Waals surface area contributed by atoms with Crippen molar-refractivity contribution in [1.29, 1.82) is 0 Å². The van der Waals surface area contributed by atoms with Crippen molar-refractivity contribution in [2.24, 2.45) is 5.92 Å². The molecule has 0 atom stereocenters. The molecule has 41 heavy (non-hydrogen) atoms. The van der Waals surface area contributed by atoms with Gasteiger partial charge in [-0.05, 0) is 80.7 Å². The van der Waals surface area contributed by atoms with Crippen LogP contribution in [0.2, 0.25) is 0 Å². The van der Waals surface area contributed by atoms with Crippen LogP contribution in [0.4, 0.5) is 14.9 Å². The van der Waals surface area contributed by atoms with Gasteiger partial charge in [0, 0.05) is 37.4 Å². The van der Waals surface area contributed by atoms with Crippen molar-refractivity contribution < 1.29 is 28.4 Å². The van der Waals surface area contributed by atoms with Crippen LogP contribution in [-0.4, -0.2) is 55.5 Å². The molecule has 0 unspecified atom stereocenters. The molecule has 0 aliphatic carbocycles. The predicted molar refractivity (Wildman–Crippen MR) is 156 cm³/mol. The van der Waals surface area contributed by atoms with Crippen molar-refractivity contribution in [2.45, 2.75) is 32.8 Å². The average Bonchev–Trinajstić information content (AvgIpc) is 3.00. The highest BCUT2D eigenvalue weighted by Gasteiger charge is 2.23. The second-order valence-electron chi connectivity index (χ2n) is 9.31. The van der Waals surface area contributed by atoms with Crippen LogP contribution in [-0.2, 0) is 11.3 Å². The van der Waals surface area contributed by atoms with E-state index in [0.717, 1.165) is 39.0 Å². The summed E-state index contributed by atoms with van der Waals surface area (Å²) in [5, 5.41) is 13.7. The Hall–Kier alpha value is -4.15. The molecule has 3 aromatic carbocycles. The topological polar surface area (TPSA) is 111 Å². The van der Waals surface area contributed by atoms with Crippen LogP contribution >= 0.6 is 0 Å². The van der Waals surface area contributed by atoms with E-state index in [1.807, 2.05) is 25.2 Å². The third kappa shape index (κ3) is 13.2. The SMILES string of the molecule is CCCOCc1ccccc1.CNCC1CCN(C(=O)Oc2ccc([N+](=O)[O-])cc2)CC1.O=Cc1ccc(F)cc1. The number of hydrogen-bond acceptors (Lipinski definition) is 7. The lowest BCUT2D eigenvalue weighted by molar-refractivity contribution is -0.384. The third-order valence-electron chi connectivity index (χ3n) is 6.08. The molecule has 4 rings (SSSR count). The summed E-state index contributed by atoms with van der Waals surface area (Å²) in [4.78, 5) is 33.7. The van der Waals surface area contributed by atoms with Gasteiger partial charge in [0.15, 0.2) is 0 Å². The fourth-order valence-corrected chi connectivity index (χ4v) is 3.86. The lowest BCUT2D eigenvalue weighted by Crippen LogP contribution is -2.41. The fraction of sp³-hybridized carbons (Fsp3) is 0.355. The number of nitro groups is 1. The van der Waals surface area contributed by atoms with Gasteiger partial charge in [0.05, 0.1) is 11.5 Å². The maximum Gasteiger partial charge on any atom is 0.415 e. The van der Waals surface area contributed by atoms with Gasteiger partial charge in [-0.3, -0.25) is 14.9 Å². The van der Waals surface area contributed by atoms with Gasteiger partial charge < -0.3 is 19.7 Å². The van der Waals surface area contributed by atoms with Crippen molar-refractivity contribution in [3.8, 4) is 5.75 Å². The van der Waals surface area contributed by atoms with Crippen LogP contribution in [0, 0.1) is 21.8 Å². The number of nitro benzene ring substituents is 1. The van der Waals surface area contributed by atoms with Gasteiger partial charge in [-0.1, -0.05) is 37.3 Å². The van der Waals surface area contributed by atoms with Crippen molar-refractivity contribution >= 4 is 18.1 Å². The van der Waals surface area contributed by atoms with E-state index < -0.39 is 11.0 Å². The largest absolute Gasteiger partial charge is 0.415 e. The maximum atomic E-state index is 12.1. The molecule has 0 aromatic heterocycles. The number of halogens is 1. The minimum atomic E-state index is -0.488. The van der Waals surface area contributed by atoms with E-state index in [2.05, 4.69) is 24.4 Å². The normalized spacial score (nSPS) is 12.7. The Morgan fingerprint density at radius 1 is 1.05 bits per heavy atom. The number of non-ortho nitro benzene ring substituents is 1. The van der Waals surface area contributed by atoms with Crippen LogP contribution in [0.15, 0.2) is 78.9 Å². The summed E-state index contributed by atoms with van der Waals surface area (Å²) in [6, 6.07) is 21.1. The first kappa shape index (κ1) is 33.1. The number of hydrogen-bond donors (Lipinski definition) is 1. The Labute approximate surface area is 240 Å². The first-order valence-corrected chi connectivity index (χ1v) is 13.5. The van der Waals surface area contributed by atoms with Crippen LogP contribution in [0.5, 0.6) is 5.75 Å². The molecule has 1 heterocycles. The Balaban J connectivity index is 0.000000245. The first-order valence-electron chi connectivity index (χ1n) is 13.5. The number of rotatable bonds is 9. The predicted octanol–water partition coefficient (Wildman–Crippen LogP) is 6.28. The average molecular weight is 568 g/mol. The molecular weight excluding hydrogens is 529 g/mol. The zero-order valence-corrected chi connectivity index (χ0v) is 23.5. The zero-order valence-electron chi connectivity index (χ0n) is 23.5. The highest BCUT2D eigenvalue weighted by atomic mass is 19.1. The fourth-order valence-electron chi connectivity index (χ4n) is 3.86. The van der Waals surface area contributed by atoms with Crippen molar-refractivity contribution in [3.05, 3.63) is 106 Å². The number of amides is 1. The minimum Gasteiger partial charge on any atom is -0.410 e. The molecular formula is C31H38FN3O6. The van der Waals surface area contributed by atoms with Crippen molar-refractivity contribution in [1.82, 2.24) is 10.2 Å². The third-order valence-corrected chi connectivity index (χ3v) is 6.08. The van der Waals surface area contributed by atoms with Gasteiger partial charge in [-0.15, -0.1) is 0 Å². The number of aldehydes is 1. The summed E-state index contributed by atoms with van der Waals surface area (Å²) in [5.74, 6) is 0.599. The van der Waals surface area contributed by atoms with Crippen LogP contribution in [0.3, 0.4) is 0 Å². The summed E-state index contributed by atoms with van der Waals surface area (Å²) >= 11 is 0. The van der Waals surface area contributed by atoms with Gasteiger partial charge in [-0.2, -0.15) is 0 Å². The molecule has 220 valence electrons. The Kier molecular flexibility index (Phi) is 15.3. The summed E-state index contributed by atoms with van der Waals surface area (Å²) < 4.78 is 22.7. The van der Waals surface area contributed by atoms with Gasteiger partial charge in [-0.25, -0.2) is 9.18 Å². The highest BCUT2D eigenvalue weighted by molar-refractivity contribution is 5.74. The van der Waals surface area contributed by atoms with Crippen molar-refractivity contribution in [2.75, 3.05) is 33.3 Å². The molecule has 10 heteroatoms. The van der Waals surface area contributed by atoms with Gasteiger partial charge in [0.2, 0.25) is 0 Å². The second-order valence-corrected chi connectivity index (χ2v) is 9.31. The quantitative estimate of drug-likeness (QED) is 0.140. The molecule has 3 aromatic rings. The van der Waals surface area contributed by atoms with Crippen LogP contribution < -0.4 is 10.1 Å².